The highest BCUT2D eigenvalue weighted by Gasteiger charge is 2.25. The Labute approximate surface area is 146 Å². The Bertz CT molecular complexity index is 857. The van der Waals surface area contributed by atoms with E-state index in [2.05, 4.69) is 37.1 Å². The third-order valence-electron chi connectivity index (χ3n) is 4.34. The normalized spacial score (nSPS) is 20.7. The van der Waals surface area contributed by atoms with E-state index >= 15 is 0 Å². The quantitative estimate of drug-likeness (QED) is 0.786. The number of imidazole rings is 1. The summed E-state index contributed by atoms with van der Waals surface area (Å²) in [5, 5.41) is 7.44. The summed E-state index contributed by atoms with van der Waals surface area (Å²) in [4.78, 5) is 8.79. The molecule has 2 atom stereocenters. The van der Waals surface area contributed by atoms with Crippen molar-refractivity contribution in [2.75, 3.05) is 13.1 Å². The van der Waals surface area contributed by atoms with Gasteiger partial charge in [-0.1, -0.05) is 23.4 Å². The Morgan fingerprint density at radius 1 is 1.32 bits per heavy atom. The zero-order valence-electron chi connectivity index (χ0n) is 14.3. The number of rotatable bonds is 4. The molecule has 1 saturated heterocycles. The van der Waals surface area contributed by atoms with Crippen LogP contribution in [0.25, 0.3) is 11.4 Å². The molecule has 4 rings (SSSR count). The van der Waals surface area contributed by atoms with Gasteiger partial charge in [-0.2, -0.15) is 4.98 Å². The van der Waals surface area contributed by atoms with Crippen LogP contribution in [0.15, 0.2) is 41.2 Å². The van der Waals surface area contributed by atoms with Crippen molar-refractivity contribution >= 4 is 0 Å². The SMILES string of the molecule is Cc1nccn1Cc1cccc(-c2noc([C@H]3CNC[C@@H](C)O3)n2)c1. The molecule has 0 spiro atoms. The van der Waals surface area contributed by atoms with Gasteiger partial charge < -0.3 is 19.1 Å². The van der Waals surface area contributed by atoms with Gasteiger partial charge >= 0.3 is 0 Å². The first-order valence-corrected chi connectivity index (χ1v) is 8.46. The van der Waals surface area contributed by atoms with Gasteiger partial charge in [0.25, 0.3) is 5.89 Å². The maximum absolute atomic E-state index is 5.86. The van der Waals surface area contributed by atoms with Crippen molar-refractivity contribution in [2.24, 2.45) is 0 Å². The predicted molar refractivity (Wildman–Crippen MR) is 92.0 cm³/mol. The zero-order valence-corrected chi connectivity index (χ0v) is 14.3. The van der Waals surface area contributed by atoms with Gasteiger partial charge in [0.1, 0.15) is 11.9 Å². The number of morpholine rings is 1. The van der Waals surface area contributed by atoms with Gasteiger partial charge in [0.2, 0.25) is 5.82 Å². The molecule has 1 aliphatic rings. The molecule has 0 radical (unpaired) electrons. The van der Waals surface area contributed by atoms with E-state index in [1.807, 2.05) is 38.4 Å². The Morgan fingerprint density at radius 3 is 3.04 bits per heavy atom. The summed E-state index contributed by atoms with van der Waals surface area (Å²) in [5.41, 5.74) is 2.09. The molecule has 0 unspecified atom stereocenters. The molecule has 25 heavy (non-hydrogen) atoms. The minimum absolute atomic E-state index is 0.135. The summed E-state index contributed by atoms with van der Waals surface area (Å²) in [5.74, 6) is 2.09. The Morgan fingerprint density at radius 2 is 2.24 bits per heavy atom. The van der Waals surface area contributed by atoms with Crippen LogP contribution in [0, 0.1) is 6.92 Å². The summed E-state index contributed by atoms with van der Waals surface area (Å²) in [6.07, 6.45) is 3.73. The van der Waals surface area contributed by atoms with Crippen LogP contribution >= 0.6 is 0 Å². The number of aromatic nitrogens is 4. The molecule has 3 heterocycles. The van der Waals surface area contributed by atoms with Crippen molar-refractivity contribution in [1.29, 1.82) is 0 Å². The van der Waals surface area contributed by atoms with E-state index in [-0.39, 0.29) is 12.2 Å². The number of hydrogen-bond acceptors (Lipinski definition) is 6. The lowest BCUT2D eigenvalue weighted by molar-refractivity contribution is -0.0438. The predicted octanol–water partition coefficient (Wildman–Crippen LogP) is 2.34. The van der Waals surface area contributed by atoms with E-state index in [0.29, 0.717) is 18.3 Å². The van der Waals surface area contributed by atoms with E-state index in [9.17, 15) is 0 Å². The van der Waals surface area contributed by atoms with Gasteiger partial charge in [-0.25, -0.2) is 4.98 Å². The number of ether oxygens (including phenoxy) is 1. The van der Waals surface area contributed by atoms with E-state index in [1.165, 1.54) is 0 Å². The molecule has 0 bridgehead atoms. The summed E-state index contributed by atoms with van der Waals surface area (Å²) in [7, 11) is 0. The molecule has 1 N–H and O–H groups in total. The van der Waals surface area contributed by atoms with Gasteiger partial charge in [-0.15, -0.1) is 0 Å². The maximum Gasteiger partial charge on any atom is 0.257 e. The highest BCUT2D eigenvalue weighted by Crippen LogP contribution is 2.24. The van der Waals surface area contributed by atoms with E-state index in [4.69, 9.17) is 9.26 Å². The summed E-state index contributed by atoms with van der Waals surface area (Å²) >= 11 is 0. The highest BCUT2D eigenvalue weighted by atomic mass is 16.5. The Kier molecular flexibility index (Phi) is 4.33. The van der Waals surface area contributed by atoms with E-state index in [1.54, 1.807) is 0 Å². The fourth-order valence-corrected chi connectivity index (χ4v) is 3.00. The molecular weight excluding hydrogens is 318 g/mol. The topological polar surface area (TPSA) is 78.0 Å². The summed E-state index contributed by atoms with van der Waals surface area (Å²) < 4.78 is 13.4. The van der Waals surface area contributed by atoms with Crippen LogP contribution in [0.2, 0.25) is 0 Å². The summed E-state index contributed by atoms with van der Waals surface area (Å²) in [6, 6.07) is 8.16. The molecule has 0 amide bonds. The molecule has 1 fully saturated rings. The van der Waals surface area contributed by atoms with Crippen LogP contribution in [-0.4, -0.2) is 38.9 Å². The lowest BCUT2D eigenvalue weighted by Gasteiger charge is -2.25. The average Bonchev–Trinajstić information content (AvgIpc) is 3.25. The molecule has 1 aliphatic heterocycles. The lowest BCUT2D eigenvalue weighted by atomic mass is 10.1. The van der Waals surface area contributed by atoms with Crippen molar-refractivity contribution in [1.82, 2.24) is 25.0 Å². The van der Waals surface area contributed by atoms with Crippen molar-refractivity contribution in [2.45, 2.75) is 32.6 Å². The van der Waals surface area contributed by atoms with Gasteiger partial charge in [0.15, 0.2) is 0 Å². The highest BCUT2D eigenvalue weighted by molar-refractivity contribution is 5.55. The van der Waals surface area contributed by atoms with Crippen LogP contribution in [0.4, 0.5) is 0 Å². The smallest absolute Gasteiger partial charge is 0.257 e. The minimum atomic E-state index is -0.193. The molecular formula is C18H21N5O2. The van der Waals surface area contributed by atoms with Gasteiger partial charge in [-0.05, 0) is 25.5 Å². The molecule has 0 aliphatic carbocycles. The molecule has 7 heteroatoms. The molecule has 130 valence electrons. The number of aryl methyl sites for hydroxylation is 1. The second kappa shape index (κ2) is 6.78. The lowest BCUT2D eigenvalue weighted by Crippen LogP contribution is -2.39. The number of benzene rings is 1. The Hall–Kier alpha value is -2.51. The van der Waals surface area contributed by atoms with Crippen molar-refractivity contribution < 1.29 is 9.26 Å². The molecule has 2 aromatic heterocycles. The van der Waals surface area contributed by atoms with Crippen LogP contribution in [-0.2, 0) is 11.3 Å². The first-order valence-electron chi connectivity index (χ1n) is 8.46. The Balaban J connectivity index is 1.54. The number of nitrogens with one attached hydrogen (secondary N) is 1. The third-order valence-corrected chi connectivity index (χ3v) is 4.34. The maximum atomic E-state index is 5.86. The van der Waals surface area contributed by atoms with Gasteiger partial charge in [0.05, 0.1) is 6.10 Å². The monoisotopic (exact) mass is 339 g/mol. The van der Waals surface area contributed by atoms with Gasteiger partial charge in [-0.3, -0.25) is 0 Å². The van der Waals surface area contributed by atoms with E-state index < -0.39 is 0 Å². The largest absolute Gasteiger partial charge is 0.363 e. The number of nitrogens with zero attached hydrogens (tertiary/aromatic N) is 4. The minimum Gasteiger partial charge on any atom is -0.363 e. The second-order valence-electron chi connectivity index (χ2n) is 6.35. The molecule has 1 aromatic carbocycles. The molecule has 0 saturated carbocycles. The standard InChI is InChI=1S/C18H21N5O2/c1-12-9-19-10-16(24-12)18-21-17(22-25-18)15-5-3-4-14(8-15)11-23-7-6-20-13(23)2/h3-8,12,16,19H,9-11H2,1-2H3/t12-,16-/m1/s1. The van der Waals surface area contributed by atoms with Gasteiger partial charge in [0, 0.05) is 37.6 Å². The third kappa shape index (κ3) is 3.47. The zero-order chi connectivity index (χ0) is 17.2. The fraction of sp³-hybridized carbons (Fsp3) is 0.389. The van der Waals surface area contributed by atoms with Crippen molar-refractivity contribution in [3.8, 4) is 11.4 Å². The first-order chi connectivity index (χ1) is 12.2. The van der Waals surface area contributed by atoms with Crippen molar-refractivity contribution in [3.63, 3.8) is 0 Å². The molecule has 3 aromatic rings. The average molecular weight is 339 g/mol. The van der Waals surface area contributed by atoms with Crippen molar-refractivity contribution in [3.05, 3.63) is 53.9 Å². The second-order valence-corrected chi connectivity index (χ2v) is 6.35. The van der Waals surface area contributed by atoms with Crippen LogP contribution in [0.1, 0.15) is 30.3 Å². The van der Waals surface area contributed by atoms with E-state index in [0.717, 1.165) is 30.0 Å². The first kappa shape index (κ1) is 16.0. The fourth-order valence-electron chi connectivity index (χ4n) is 3.00. The molecule has 7 nitrogen and oxygen atoms in total. The van der Waals surface area contributed by atoms with Crippen LogP contribution in [0.5, 0.6) is 0 Å². The van der Waals surface area contributed by atoms with Crippen LogP contribution in [0.3, 0.4) is 0 Å². The van der Waals surface area contributed by atoms with Crippen LogP contribution < -0.4 is 5.32 Å². The summed E-state index contributed by atoms with van der Waals surface area (Å²) in [6.45, 7) is 6.31. The number of hydrogen-bond donors (Lipinski definition) is 1.